The Kier molecular flexibility index (Phi) is 7.52. The summed E-state index contributed by atoms with van der Waals surface area (Å²) in [6, 6.07) is 26.8. The van der Waals surface area contributed by atoms with Crippen LogP contribution >= 0.6 is 0 Å². The van der Waals surface area contributed by atoms with Crippen molar-refractivity contribution in [1.29, 1.82) is 0 Å². The SMILES string of the molecule is O=C(CN1CCC(NC(=O)c2ccc(C#Cc3ccccc3)cc2)CC1)Nc1ccccc1. The average Bonchev–Trinajstić information content (AvgIpc) is 2.85. The van der Waals surface area contributed by atoms with E-state index in [-0.39, 0.29) is 17.9 Å². The Morgan fingerprint density at radius 3 is 2.00 bits per heavy atom. The number of hydrogen-bond acceptors (Lipinski definition) is 3. The summed E-state index contributed by atoms with van der Waals surface area (Å²) in [4.78, 5) is 27.0. The van der Waals surface area contributed by atoms with Gasteiger partial charge in [-0.2, -0.15) is 0 Å². The first-order valence-corrected chi connectivity index (χ1v) is 11.2. The highest BCUT2D eigenvalue weighted by molar-refractivity contribution is 5.94. The van der Waals surface area contributed by atoms with E-state index < -0.39 is 0 Å². The van der Waals surface area contributed by atoms with Crippen molar-refractivity contribution in [3.05, 3.63) is 102 Å². The summed E-state index contributed by atoms with van der Waals surface area (Å²) in [5.74, 6) is 6.16. The summed E-state index contributed by atoms with van der Waals surface area (Å²) >= 11 is 0. The first-order chi connectivity index (χ1) is 16.2. The third kappa shape index (κ3) is 6.80. The number of rotatable bonds is 5. The molecule has 4 rings (SSSR count). The minimum Gasteiger partial charge on any atom is -0.349 e. The van der Waals surface area contributed by atoms with E-state index in [0.29, 0.717) is 12.1 Å². The van der Waals surface area contributed by atoms with Gasteiger partial charge in [0.05, 0.1) is 6.54 Å². The summed E-state index contributed by atoms with van der Waals surface area (Å²) < 4.78 is 0. The van der Waals surface area contributed by atoms with E-state index in [4.69, 9.17) is 0 Å². The van der Waals surface area contributed by atoms with E-state index in [1.165, 1.54) is 0 Å². The largest absolute Gasteiger partial charge is 0.349 e. The fraction of sp³-hybridized carbons (Fsp3) is 0.214. The van der Waals surface area contributed by atoms with Gasteiger partial charge in [-0.15, -0.1) is 0 Å². The van der Waals surface area contributed by atoms with Crippen LogP contribution in [0.1, 0.15) is 34.3 Å². The van der Waals surface area contributed by atoms with Gasteiger partial charge < -0.3 is 10.6 Å². The number of nitrogens with zero attached hydrogens (tertiary/aromatic N) is 1. The monoisotopic (exact) mass is 437 g/mol. The third-order valence-electron chi connectivity index (χ3n) is 5.62. The molecule has 1 aliphatic rings. The van der Waals surface area contributed by atoms with E-state index in [2.05, 4.69) is 27.4 Å². The molecule has 1 heterocycles. The molecule has 0 spiro atoms. The van der Waals surface area contributed by atoms with Gasteiger partial charge in [0, 0.05) is 41.5 Å². The Bertz CT molecular complexity index is 1120. The molecule has 0 atom stereocenters. The molecule has 1 fully saturated rings. The van der Waals surface area contributed by atoms with E-state index in [1.54, 1.807) is 0 Å². The number of hydrogen-bond donors (Lipinski definition) is 2. The van der Waals surface area contributed by atoms with Gasteiger partial charge in [-0.1, -0.05) is 48.2 Å². The molecule has 5 nitrogen and oxygen atoms in total. The predicted molar refractivity (Wildman–Crippen MR) is 131 cm³/mol. The second-order valence-electron chi connectivity index (χ2n) is 8.13. The van der Waals surface area contributed by atoms with Gasteiger partial charge >= 0.3 is 0 Å². The van der Waals surface area contributed by atoms with Gasteiger partial charge in [-0.25, -0.2) is 0 Å². The fourth-order valence-electron chi connectivity index (χ4n) is 3.80. The molecule has 0 aromatic heterocycles. The van der Waals surface area contributed by atoms with Crippen molar-refractivity contribution in [2.24, 2.45) is 0 Å². The number of anilines is 1. The van der Waals surface area contributed by atoms with Crippen LogP contribution in [0.15, 0.2) is 84.9 Å². The van der Waals surface area contributed by atoms with Crippen LogP contribution in [0.25, 0.3) is 0 Å². The molecule has 0 aliphatic carbocycles. The minimum atomic E-state index is -0.0714. The standard InChI is InChI=1S/C28H27N3O2/c32-27(29-25-9-5-2-6-10-25)21-31-19-17-26(18-20-31)30-28(33)24-15-13-23(14-16-24)12-11-22-7-3-1-4-8-22/h1-10,13-16,26H,17-21H2,(H,29,32)(H,30,33). The fourth-order valence-corrected chi connectivity index (χ4v) is 3.80. The Hall–Kier alpha value is -3.88. The van der Waals surface area contributed by atoms with E-state index in [0.717, 1.165) is 42.7 Å². The molecule has 0 radical (unpaired) electrons. The quantitative estimate of drug-likeness (QED) is 0.595. The Balaban J connectivity index is 1.22. The van der Waals surface area contributed by atoms with Crippen LogP contribution in [0.3, 0.4) is 0 Å². The van der Waals surface area contributed by atoms with Gasteiger partial charge in [-0.3, -0.25) is 14.5 Å². The molecule has 3 aromatic carbocycles. The first kappa shape index (κ1) is 22.3. The van der Waals surface area contributed by atoms with Crippen molar-refractivity contribution in [2.75, 3.05) is 25.0 Å². The molecule has 33 heavy (non-hydrogen) atoms. The van der Waals surface area contributed by atoms with Gasteiger partial charge in [0.25, 0.3) is 5.91 Å². The maximum atomic E-state index is 12.6. The number of amides is 2. The lowest BCUT2D eigenvalue weighted by molar-refractivity contribution is -0.117. The minimum absolute atomic E-state index is 0.0147. The second-order valence-corrected chi connectivity index (χ2v) is 8.13. The highest BCUT2D eigenvalue weighted by atomic mass is 16.2. The van der Waals surface area contributed by atoms with Crippen molar-refractivity contribution < 1.29 is 9.59 Å². The van der Waals surface area contributed by atoms with Crippen LogP contribution in [0.4, 0.5) is 5.69 Å². The third-order valence-corrected chi connectivity index (χ3v) is 5.62. The number of carbonyl (C=O) groups is 2. The summed E-state index contributed by atoms with van der Waals surface area (Å²) in [6.45, 7) is 1.92. The Morgan fingerprint density at radius 2 is 1.36 bits per heavy atom. The zero-order chi connectivity index (χ0) is 22.9. The maximum absolute atomic E-state index is 12.6. The molecule has 2 amide bonds. The molecule has 3 aromatic rings. The molecule has 166 valence electrons. The topological polar surface area (TPSA) is 61.4 Å². The number of nitrogens with one attached hydrogen (secondary N) is 2. The van der Waals surface area contributed by atoms with E-state index in [9.17, 15) is 9.59 Å². The molecule has 1 saturated heterocycles. The summed E-state index contributed by atoms with van der Waals surface area (Å²) in [6.07, 6.45) is 1.65. The normalized spacial score (nSPS) is 14.1. The first-order valence-electron chi connectivity index (χ1n) is 11.2. The summed E-state index contributed by atoms with van der Waals surface area (Å²) in [5, 5.41) is 6.04. The molecular weight excluding hydrogens is 410 g/mol. The number of benzene rings is 3. The van der Waals surface area contributed by atoms with Crippen molar-refractivity contribution >= 4 is 17.5 Å². The number of piperidine rings is 1. The molecule has 1 aliphatic heterocycles. The summed E-state index contributed by atoms with van der Waals surface area (Å²) in [7, 11) is 0. The van der Waals surface area contributed by atoms with Gasteiger partial charge in [0.1, 0.15) is 0 Å². The smallest absolute Gasteiger partial charge is 0.251 e. The van der Waals surface area contributed by atoms with Crippen LogP contribution in [-0.4, -0.2) is 42.4 Å². The van der Waals surface area contributed by atoms with Crippen LogP contribution in [0.5, 0.6) is 0 Å². The van der Waals surface area contributed by atoms with Crippen LogP contribution in [0.2, 0.25) is 0 Å². The Morgan fingerprint density at radius 1 is 0.788 bits per heavy atom. The lowest BCUT2D eigenvalue weighted by Gasteiger charge is -2.31. The molecule has 0 unspecified atom stereocenters. The van der Waals surface area contributed by atoms with Crippen molar-refractivity contribution in [3.8, 4) is 11.8 Å². The van der Waals surface area contributed by atoms with Crippen molar-refractivity contribution in [2.45, 2.75) is 18.9 Å². The number of para-hydroxylation sites is 1. The van der Waals surface area contributed by atoms with Gasteiger partial charge in [-0.05, 0) is 61.4 Å². The molecule has 5 heteroatoms. The van der Waals surface area contributed by atoms with Crippen molar-refractivity contribution in [3.63, 3.8) is 0 Å². The van der Waals surface area contributed by atoms with Crippen LogP contribution < -0.4 is 10.6 Å². The van der Waals surface area contributed by atoms with Crippen LogP contribution in [0, 0.1) is 11.8 Å². The zero-order valence-electron chi connectivity index (χ0n) is 18.5. The van der Waals surface area contributed by atoms with Crippen LogP contribution in [-0.2, 0) is 4.79 Å². The predicted octanol–water partition coefficient (Wildman–Crippen LogP) is 3.92. The van der Waals surface area contributed by atoms with Gasteiger partial charge in [0.2, 0.25) is 5.91 Å². The molecule has 0 bridgehead atoms. The highest BCUT2D eigenvalue weighted by Gasteiger charge is 2.22. The number of likely N-dealkylation sites (tertiary alicyclic amines) is 1. The van der Waals surface area contributed by atoms with Crippen molar-refractivity contribution in [1.82, 2.24) is 10.2 Å². The lowest BCUT2D eigenvalue weighted by Crippen LogP contribution is -2.46. The van der Waals surface area contributed by atoms with E-state index in [1.807, 2.05) is 84.9 Å². The summed E-state index contributed by atoms with van der Waals surface area (Å²) in [5.41, 5.74) is 3.27. The number of carbonyl (C=O) groups excluding carboxylic acids is 2. The van der Waals surface area contributed by atoms with E-state index >= 15 is 0 Å². The highest BCUT2D eigenvalue weighted by Crippen LogP contribution is 2.13. The zero-order valence-corrected chi connectivity index (χ0v) is 18.5. The Labute approximate surface area is 194 Å². The van der Waals surface area contributed by atoms with Gasteiger partial charge in [0.15, 0.2) is 0 Å². The lowest BCUT2D eigenvalue weighted by atomic mass is 10.0. The molecule has 2 N–H and O–H groups in total. The maximum Gasteiger partial charge on any atom is 0.251 e. The second kappa shape index (κ2) is 11.1. The average molecular weight is 438 g/mol. The molecular formula is C28H27N3O2. The molecule has 0 saturated carbocycles.